The number of hydrogen-bond acceptors (Lipinski definition) is 4. The van der Waals surface area contributed by atoms with Gasteiger partial charge in [-0.2, -0.15) is 4.98 Å². The van der Waals surface area contributed by atoms with Crippen LogP contribution in [0.15, 0.2) is 77.2 Å². The number of nitrogens with zero attached hydrogens (tertiary/aromatic N) is 1. The monoisotopic (exact) mass is 344 g/mol. The van der Waals surface area contributed by atoms with Crippen molar-refractivity contribution in [2.24, 2.45) is 0 Å². The van der Waals surface area contributed by atoms with E-state index in [4.69, 9.17) is 9.15 Å². The van der Waals surface area contributed by atoms with E-state index < -0.39 is 0 Å². The van der Waals surface area contributed by atoms with Gasteiger partial charge in [-0.05, 0) is 55.5 Å². The molecule has 3 aromatic carbocycles. The smallest absolute Gasteiger partial charge is 0.400 e. The molecule has 1 N–H and O–H groups in total. The Balaban J connectivity index is 1.45. The van der Waals surface area contributed by atoms with Gasteiger partial charge in [-0.25, -0.2) is 0 Å². The zero-order chi connectivity index (χ0) is 17.9. The zero-order valence-electron chi connectivity index (χ0n) is 14.1. The van der Waals surface area contributed by atoms with Crippen LogP contribution in [-0.4, -0.2) is 10.9 Å². The number of ether oxygens (including phenoxy) is 1. The van der Waals surface area contributed by atoms with Crippen LogP contribution in [0.25, 0.3) is 11.1 Å². The van der Waals surface area contributed by atoms with Gasteiger partial charge in [-0.3, -0.25) is 4.79 Å². The number of nitrogens with one attached hydrogen (secondary N) is 1. The zero-order valence-corrected chi connectivity index (χ0v) is 14.1. The Morgan fingerprint density at radius 3 is 2.58 bits per heavy atom. The normalized spacial score (nSPS) is 10.7. The van der Waals surface area contributed by atoms with E-state index in [1.807, 2.05) is 49.4 Å². The van der Waals surface area contributed by atoms with Crippen LogP contribution < -0.4 is 10.1 Å². The van der Waals surface area contributed by atoms with E-state index in [9.17, 15) is 4.79 Å². The first kappa shape index (κ1) is 15.9. The highest BCUT2D eigenvalue weighted by molar-refractivity contribution is 6.04. The summed E-state index contributed by atoms with van der Waals surface area (Å²) in [7, 11) is 0. The second kappa shape index (κ2) is 6.72. The van der Waals surface area contributed by atoms with Crippen molar-refractivity contribution in [2.75, 3.05) is 5.32 Å². The van der Waals surface area contributed by atoms with Crippen molar-refractivity contribution in [3.8, 4) is 11.8 Å². The predicted octanol–water partition coefficient (Wildman–Crippen LogP) is 5.18. The minimum absolute atomic E-state index is 0.152. The Morgan fingerprint density at radius 1 is 1.00 bits per heavy atom. The van der Waals surface area contributed by atoms with E-state index in [1.165, 1.54) is 0 Å². The van der Waals surface area contributed by atoms with E-state index in [0.717, 1.165) is 11.1 Å². The summed E-state index contributed by atoms with van der Waals surface area (Å²) in [6.07, 6.45) is 0.183. The van der Waals surface area contributed by atoms with Gasteiger partial charge in [0.25, 0.3) is 5.91 Å². The average Bonchev–Trinajstić information content (AvgIpc) is 3.05. The summed E-state index contributed by atoms with van der Waals surface area (Å²) in [5, 5.41) is 2.86. The largest absolute Gasteiger partial charge is 0.411 e. The van der Waals surface area contributed by atoms with Crippen molar-refractivity contribution in [1.82, 2.24) is 4.98 Å². The second-order valence-corrected chi connectivity index (χ2v) is 5.90. The molecule has 1 aromatic heterocycles. The first-order valence-corrected chi connectivity index (χ1v) is 8.19. The van der Waals surface area contributed by atoms with E-state index in [2.05, 4.69) is 10.3 Å². The highest BCUT2D eigenvalue weighted by Crippen LogP contribution is 2.26. The fourth-order valence-electron chi connectivity index (χ4n) is 2.59. The summed E-state index contributed by atoms with van der Waals surface area (Å²) in [5.41, 5.74) is 3.76. The summed E-state index contributed by atoms with van der Waals surface area (Å²) in [6, 6.07) is 21.9. The molecule has 0 aliphatic rings. The molecular weight excluding hydrogens is 328 g/mol. The second-order valence-electron chi connectivity index (χ2n) is 5.90. The number of aromatic nitrogens is 1. The first-order valence-electron chi connectivity index (χ1n) is 8.19. The van der Waals surface area contributed by atoms with Gasteiger partial charge < -0.3 is 14.5 Å². The summed E-state index contributed by atoms with van der Waals surface area (Å²) in [6.45, 7) is 1.95. The standard InChI is InChI=1S/C21H16N2O3/c1-14-5-4-6-15(13-14)20(24)22-16-9-11-17(12-10-16)25-21-23-18-7-2-3-8-19(18)26-21/h2-13H,1H3,(H,22,24). The molecule has 0 aliphatic carbocycles. The predicted molar refractivity (Wildman–Crippen MR) is 99.7 cm³/mol. The molecule has 128 valence electrons. The number of benzene rings is 3. The molecule has 0 spiro atoms. The van der Waals surface area contributed by atoms with Crippen molar-refractivity contribution in [3.05, 3.63) is 83.9 Å². The van der Waals surface area contributed by atoms with Crippen LogP contribution in [0.4, 0.5) is 5.69 Å². The lowest BCUT2D eigenvalue weighted by Gasteiger charge is -2.07. The number of hydrogen-bond donors (Lipinski definition) is 1. The highest BCUT2D eigenvalue weighted by Gasteiger charge is 2.09. The van der Waals surface area contributed by atoms with Gasteiger partial charge in [-0.1, -0.05) is 29.8 Å². The number of aryl methyl sites for hydroxylation is 1. The Labute approximate surface area is 150 Å². The fraction of sp³-hybridized carbons (Fsp3) is 0.0476. The van der Waals surface area contributed by atoms with Gasteiger partial charge in [0.2, 0.25) is 0 Å². The first-order chi connectivity index (χ1) is 12.7. The molecule has 4 aromatic rings. The third-order valence-electron chi connectivity index (χ3n) is 3.87. The van der Waals surface area contributed by atoms with E-state index in [-0.39, 0.29) is 12.0 Å². The van der Waals surface area contributed by atoms with Crippen LogP contribution in [0.1, 0.15) is 15.9 Å². The maximum absolute atomic E-state index is 12.3. The van der Waals surface area contributed by atoms with Gasteiger partial charge in [0.15, 0.2) is 5.58 Å². The van der Waals surface area contributed by atoms with Crippen LogP contribution >= 0.6 is 0 Å². The molecule has 5 nitrogen and oxygen atoms in total. The quantitative estimate of drug-likeness (QED) is 0.554. The van der Waals surface area contributed by atoms with Gasteiger partial charge in [0.05, 0.1) is 0 Å². The van der Waals surface area contributed by atoms with Crippen LogP contribution in [0.3, 0.4) is 0 Å². The number of rotatable bonds is 4. The number of oxazole rings is 1. The molecule has 26 heavy (non-hydrogen) atoms. The maximum Gasteiger partial charge on any atom is 0.400 e. The van der Waals surface area contributed by atoms with Crippen molar-refractivity contribution in [2.45, 2.75) is 6.92 Å². The molecule has 0 radical (unpaired) electrons. The Hall–Kier alpha value is -3.60. The summed E-state index contributed by atoms with van der Waals surface area (Å²) in [4.78, 5) is 16.5. The van der Waals surface area contributed by atoms with Crippen molar-refractivity contribution in [1.29, 1.82) is 0 Å². The lowest BCUT2D eigenvalue weighted by Crippen LogP contribution is -2.11. The number of amides is 1. The third kappa shape index (κ3) is 3.42. The number of anilines is 1. The Bertz CT molecular complexity index is 1040. The summed E-state index contributed by atoms with van der Waals surface area (Å²) in [5.74, 6) is 0.423. The topological polar surface area (TPSA) is 64.4 Å². The SMILES string of the molecule is Cc1cccc(C(=O)Nc2ccc(Oc3nc4ccccc4o3)cc2)c1. The Kier molecular flexibility index (Phi) is 4.11. The van der Waals surface area contributed by atoms with Crippen molar-refractivity contribution >= 4 is 22.7 Å². The maximum atomic E-state index is 12.3. The minimum atomic E-state index is -0.152. The molecule has 4 rings (SSSR count). The lowest BCUT2D eigenvalue weighted by molar-refractivity contribution is 0.102. The molecule has 0 fully saturated rings. The molecule has 1 heterocycles. The fourth-order valence-corrected chi connectivity index (χ4v) is 2.59. The molecule has 0 unspecified atom stereocenters. The van der Waals surface area contributed by atoms with Gasteiger partial charge in [-0.15, -0.1) is 0 Å². The molecule has 0 aliphatic heterocycles. The third-order valence-corrected chi connectivity index (χ3v) is 3.87. The van der Waals surface area contributed by atoms with E-state index in [1.54, 1.807) is 30.3 Å². The van der Waals surface area contributed by atoms with E-state index >= 15 is 0 Å². The van der Waals surface area contributed by atoms with Gasteiger partial charge >= 0.3 is 6.08 Å². The van der Waals surface area contributed by atoms with Crippen molar-refractivity contribution < 1.29 is 13.9 Å². The molecule has 0 bridgehead atoms. The van der Waals surface area contributed by atoms with Gasteiger partial charge in [0.1, 0.15) is 11.3 Å². The van der Waals surface area contributed by atoms with Crippen LogP contribution in [0.2, 0.25) is 0 Å². The molecule has 0 saturated heterocycles. The van der Waals surface area contributed by atoms with Crippen molar-refractivity contribution in [3.63, 3.8) is 0 Å². The van der Waals surface area contributed by atoms with E-state index in [0.29, 0.717) is 22.6 Å². The van der Waals surface area contributed by atoms with Gasteiger partial charge in [0, 0.05) is 11.3 Å². The molecule has 5 heteroatoms. The van der Waals surface area contributed by atoms with Crippen LogP contribution in [-0.2, 0) is 0 Å². The number of fused-ring (bicyclic) bond motifs is 1. The highest BCUT2D eigenvalue weighted by atomic mass is 16.6. The Morgan fingerprint density at radius 2 is 1.81 bits per heavy atom. The average molecular weight is 344 g/mol. The van der Waals surface area contributed by atoms with Crippen LogP contribution in [0.5, 0.6) is 11.8 Å². The number of carbonyl (C=O) groups excluding carboxylic acids is 1. The summed E-state index contributed by atoms with van der Waals surface area (Å²) >= 11 is 0. The minimum Gasteiger partial charge on any atom is -0.411 e. The molecule has 1 amide bonds. The van der Waals surface area contributed by atoms with Crippen LogP contribution in [0, 0.1) is 6.92 Å². The number of carbonyl (C=O) groups is 1. The molecule has 0 atom stereocenters. The molecule has 0 saturated carbocycles. The lowest BCUT2D eigenvalue weighted by atomic mass is 10.1. The molecular formula is C21H16N2O3. The summed E-state index contributed by atoms with van der Waals surface area (Å²) < 4.78 is 11.2. The number of para-hydroxylation sites is 2.